The summed E-state index contributed by atoms with van der Waals surface area (Å²) in [5, 5.41) is 9.75. The van der Waals surface area contributed by atoms with E-state index >= 15 is 0 Å². The maximum atomic E-state index is 13.8. The summed E-state index contributed by atoms with van der Waals surface area (Å²) in [6, 6.07) is 8.38. The molecule has 2 atom stereocenters. The number of rotatable bonds is 2. The number of aryl methyl sites for hydroxylation is 1. The maximum absolute atomic E-state index is 13.8. The molecule has 1 N–H and O–H groups in total. The molecule has 0 amide bonds. The molecule has 2 aromatic heterocycles. The van der Waals surface area contributed by atoms with Gasteiger partial charge in [0.25, 0.3) is 0 Å². The van der Waals surface area contributed by atoms with Gasteiger partial charge in [0, 0.05) is 30.4 Å². The third-order valence-electron chi connectivity index (χ3n) is 4.67. The van der Waals surface area contributed by atoms with Crippen LogP contribution in [0.3, 0.4) is 0 Å². The first-order chi connectivity index (χ1) is 11.0. The van der Waals surface area contributed by atoms with Gasteiger partial charge in [0.2, 0.25) is 5.95 Å². The predicted molar refractivity (Wildman–Crippen MR) is 89.3 cm³/mol. The van der Waals surface area contributed by atoms with Crippen LogP contribution in [0.25, 0.3) is 22.4 Å². The number of fused-ring (bicyclic) bond motifs is 1. The molecule has 1 saturated heterocycles. The fourth-order valence-electron chi connectivity index (χ4n) is 3.29. The van der Waals surface area contributed by atoms with Crippen LogP contribution in [0.1, 0.15) is 12.5 Å². The number of nitrogens with one attached hydrogen (secondary N) is 1. The summed E-state index contributed by atoms with van der Waals surface area (Å²) in [4.78, 5) is 5.36. The lowest BCUT2D eigenvalue weighted by atomic mass is 10.1. The van der Waals surface area contributed by atoms with Crippen LogP contribution in [0.5, 0.6) is 0 Å². The minimum Gasteiger partial charge on any atom is -0.352 e. The molecule has 1 aliphatic rings. The lowest BCUT2D eigenvalue weighted by Crippen LogP contribution is -2.23. The Balaban J connectivity index is 1.72. The molecule has 1 fully saturated rings. The van der Waals surface area contributed by atoms with Crippen molar-refractivity contribution in [3.63, 3.8) is 0 Å². The van der Waals surface area contributed by atoms with Crippen LogP contribution in [-0.4, -0.2) is 39.0 Å². The molecular formula is C17H20FN5. The largest absolute Gasteiger partial charge is 0.352 e. The zero-order valence-electron chi connectivity index (χ0n) is 13.5. The first-order valence-electron chi connectivity index (χ1n) is 7.91. The summed E-state index contributed by atoms with van der Waals surface area (Å²) in [5.74, 6) is 1.52. The highest BCUT2D eigenvalue weighted by molar-refractivity contribution is 5.85. The van der Waals surface area contributed by atoms with Crippen molar-refractivity contribution in [3.8, 4) is 11.5 Å². The van der Waals surface area contributed by atoms with Crippen molar-refractivity contribution in [2.24, 2.45) is 13.0 Å². The van der Waals surface area contributed by atoms with Gasteiger partial charge in [0.15, 0.2) is 5.82 Å². The molecule has 1 aromatic carbocycles. The lowest BCUT2D eigenvalue weighted by Gasteiger charge is -2.15. The van der Waals surface area contributed by atoms with Gasteiger partial charge in [0.05, 0.1) is 12.2 Å². The van der Waals surface area contributed by atoms with Gasteiger partial charge in [-0.15, -0.1) is 10.2 Å². The highest BCUT2D eigenvalue weighted by Crippen LogP contribution is 2.28. The fraction of sp³-hybridized carbons (Fsp3) is 0.412. The molecule has 4 rings (SSSR count). The molecule has 0 aliphatic carbocycles. The molecular weight excluding hydrogens is 293 g/mol. The minimum atomic E-state index is -0.800. The maximum Gasteiger partial charge on any atom is 0.227 e. The molecule has 0 radical (unpaired) electrons. The van der Waals surface area contributed by atoms with Crippen LogP contribution in [0.2, 0.25) is 0 Å². The van der Waals surface area contributed by atoms with E-state index in [1.807, 2.05) is 23.4 Å². The number of nitrogens with zero attached hydrogens (tertiary/aromatic N) is 4. The molecule has 1 aliphatic heterocycles. The number of anilines is 1. The first kappa shape index (κ1) is 14.2. The van der Waals surface area contributed by atoms with Crippen LogP contribution >= 0.6 is 0 Å². The normalized spacial score (nSPS) is 21.5. The molecule has 0 saturated carbocycles. The van der Waals surface area contributed by atoms with E-state index in [2.05, 4.69) is 46.4 Å². The van der Waals surface area contributed by atoms with E-state index in [1.54, 1.807) is 0 Å². The summed E-state index contributed by atoms with van der Waals surface area (Å²) in [6.45, 7) is 5.08. The Kier molecular flexibility index (Phi) is 3.14. The Morgan fingerprint density at radius 3 is 2.78 bits per heavy atom. The van der Waals surface area contributed by atoms with Crippen LogP contribution < -0.4 is 4.90 Å². The quantitative estimate of drug-likeness (QED) is 0.791. The van der Waals surface area contributed by atoms with Gasteiger partial charge in [-0.2, -0.15) is 0 Å². The van der Waals surface area contributed by atoms with Crippen molar-refractivity contribution < 1.29 is 4.39 Å². The average Bonchev–Trinajstić information content (AvgIpc) is 3.16. The predicted octanol–water partition coefficient (Wildman–Crippen LogP) is 3.07. The number of H-pyrrole nitrogens is 1. The van der Waals surface area contributed by atoms with Gasteiger partial charge in [-0.1, -0.05) is 18.6 Å². The number of alkyl halides is 1. The Morgan fingerprint density at radius 2 is 2.04 bits per heavy atom. The lowest BCUT2D eigenvalue weighted by molar-refractivity contribution is 0.299. The van der Waals surface area contributed by atoms with Crippen molar-refractivity contribution in [2.45, 2.75) is 20.0 Å². The van der Waals surface area contributed by atoms with E-state index in [0.29, 0.717) is 13.1 Å². The van der Waals surface area contributed by atoms with Crippen molar-refractivity contribution in [1.29, 1.82) is 0 Å². The van der Waals surface area contributed by atoms with E-state index in [0.717, 1.165) is 28.4 Å². The molecule has 23 heavy (non-hydrogen) atoms. The van der Waals surface area contributed by atoms with Crippen LogP contribution in [0, 0.1) is 12.8 Å². The second-order valence-electron chi connectivity index (χ2n) is 6.55. The second-order valence-corrected chi connectivity index (χ2v) is 6.55. The van der Waals surface area contributed by atoms with Gasteiger partial charge in [-0.3, -0.25) is 4.57 Å². The molecule has 120 valence electrons. The number of benzene rings is 1. The number of aromatic nitrogens is 4. The molecule has 6 heteroatoms. The highest BCUT2D eigenvalue weighted by atomic mass is 19.1. The van der Waals surface area contributed by atoms with E-state index in [4.69, 9.17) is 0 Å². The van der Waals surface area contributed by atoms with Crippen LogP contribution in [0.15, 0.2) is 24.3 Å². The van der Waals surface area contributed by atoms with Crippen LogP contribution in [0.4, 0.5) is 10.3 Å². The zero-order chi connectivity index (χ0) is 16.1. The van der Waals surface area contributed by atoms with E-state index in [-0.39, 0.29) is 5.92 Å². The highest BCUT2D eigenvalue weighted by Gasteiger charge is 2.32. The van der Waals surface area contributed by atoms with Crippen molar-refractivity contribution in [2.75, 3.05) is 18.0 Å². The van der Waals surface area contributed by atoms with Gasteiger partial charge >= 0.3 is 0 Å². The third-order valence-corrected chi connectivity index (χ3v) is 4.67. The molecule has 5 nitrogen and oxygen atoms in total. The minimum absolute atomic E-state index is 0.0335. The Labute approximate surface area is 134 Å². The first-order valence-corrected chi connectivity index (χ1v) is 7.91. The number of halogens is 1. The average molecular weight is 313 g/mol. The summed E-state index contributed by atoms with van der Waals surface area (Å²) in [7, 11) is 1.93. The molecule has 3 aromatic rings. The van der Waals surface area contributed by atoms with Gasteiger partial charge in [-0.25, -0.2) is 4.39 Å². The van der Waals surface area contributed by atoms with Gasteiger partial charge in [-0.05, 0) is 25.1 Å². The zero-order valence-corrected chi connectivity index (χ0v) is 13.5. The van der Waals surface area contributed by atoms with E-state index in [1.165, 1.54) is 5.56 Å². The summed E-state index contributed by atoms with van der Waals surface area (Å²) in [5.41, 5.74) is 3.23. The number of hydrogen-bond donors (Lipinski definition) is 1. The van der Waals surface area contributed by atoms with Crippen molar-refractivity contribution >= 4 is 16.9 Å². The molecule has 3 heterocycles. The summed E-state index contributed by atoms with van der Waals surface area (Å²) < 4.78 is 15.7. The van der Waals surface area contributed by atoms with E-state index < -0.39 is 6.17 Å². The summed E-state index contributed by atoms with van der Waals surface area (Å²) >= 11 is 0. The Bertz CT molecular complexity index is 855. The monoisotopic (exact) mass is 313 g/mol. The standard InChI is InChI=1S/C17H20FN5/c1-10-4-5-14-12(6-10)7-15(19-14)16-20-21-17(22(16)3)23-8-11(2)13(18)9-23/h4-7,11,13,19H,8-9H2,1-3H3/t11-,13+/m1/s1. The molecule has 0 bridgehead atoms. The third kappa shape index (κ3) is 2.29. The van der Waals surface area contributed by atoms with E-state index in [9.17, 15) is 4.39 Å². The number of aromatic amines is 1. The smallest absolute Gasteiger partial charge is 0.227 e. The number of hydrogen-bond acceptors (Lipinski definition) is 3. The SMILES string of the molecule is Cc1ccc2[nH]c(-c3nnc(N4C[C@@H](C)[C@@H](F)C4)n3C)cc2c1. The topological polar surface area (TPSA) is 49.7 Å². The van der Waals surface area contributed by atoms with Crippen molar-refractivity contribution in [1.82, 2.24) is 19.7 Å². The van der Waals surface area contributed by atoms with Gasteiger partial charge < -0.3 is 9.88 Å². The van der Waals surface area contributed by atoms with Gasteiger partial charge in [0.1, 0.15) is 6.17 Å². The molecule has 0 spiro atoms. The second kappa shape index (κ2) is 5.08. The molecule has 0 unspecified atom stereocenters. The Hall–Kier alpha value is -2.37. The fourth-order valence-corrected chi connectivity index (χ4v) is 3.29. The van der Waals surface area contributed by atoms with Crippen LogP contribution in [-0.2, 0) is 7.05 Å². The Morgan fingerprint density at radius 1 is 1.22 bits per heavy atom. The summed E-state index contributed by atoms with van der Waals surface area (Å²) in [6.07, 6.45) is -0.800. The van der Waals surface area contributed by atoms with Crippen molar-refractivity contribution in [3.05, 3.63) is 29.8 Å².